The monoisotopic (exact) mass is 524 g/mol. The maximum atomic E-state index is 13.0. The highest BCUT2D eigenvalue weighted by Crippen LogP contribution is 2.37. The highest BCUT2D eigenvalue weighted by Gasteiger charge is 2.36. The highest BCUT2D eigenvalue weighted by molar-refractivity contribution is 9.10. The number of nitrogens with one attached hydrogen (secondary N) is 2. The molecule has 0 spiro atoms. The summed E-state index contributed by atoms with van der Waals surface area (Å²) in [6.07, 6.45) is -4.27. The van der Waals surface area contributed by atoms with Gasteiger partial charge in [0.15, 0.2) is 0 Å². The zero-order valence-corrected chi connectivity index (χ0v) is 19.1. The van der Waals surface area contributed by atoms with Crippen molar-refractivity contribution in [3.63, 3.8) is 0 Å². The van der Waals surface area contributed by atoms with E-state index in [1.54, 1.807) is 26.2 Å². The Labute approximate surface area is 188 Å². The van der Waals surface area contributed by atoms with Crippen LogP contribution in [0.15, 0.2) is 28.3 Å². The van der Waals surface area contributed by atoms with Crippen molar-refractivity contribution in [3.8, 4) is 0 Å². The van der Waals surface area contributed by atoms with Crippen molar-refractivity contribution < 1.29 is 32.6 Å². The van der Waals surface area contributed by atoms with Gasteiger partial charge in [-0.2, -0.15) is 13.2 Å². The van der Waals surface area contributed by atoms with Crippen molar-refractivity contribution in [1.29, 1.82) is 0 Å². The smallest absolute Gasteiger partial charge is 0.433 e. The van der Waals surface area contributed by atoms with Gasteiger partial charge in [-0.15, -0.1) is 11.3 Å². The maximum Gasteiger partial charge on any atom is 0.433 e. The number of carboxylic acid groups (broad SMARTS) is 1. The van der Waals surface area contributed by atoms with Gasteiger partial charge in [-0.05, 0) is 32.4 Å². The second kappa shape index (κ2) is 9.81. The average Bonchev–Trinajstić information content (AvgIpc) is 3.12. The van der Waals surface area contributed by atoms with Gasteiger partial charge in [-0.25, -0.2) is 14.6 Å². The molecule has 2 atom stereocenters. The predicted octanol–water partition coefficient (Wildman–Crippen LogP) is 4.61. The summed E-state index contributed by atoms with van der Waals surface area (Å²) in [5.74, 6) is -0.816. The van der Waals surface area contributed by atoms with Crippen LogP contribution in [0.5, 0.6) is 0 Å². The third-order valence-corrected chi connectivity index (χ3v) is 5.35. The Balaban J connectivity index is 2.49. The lowest BCUT2D eigenvalue weighted by atomic mass is 9.92. The van der Waals surface area contributed by atoms with Crippen molar-refractivity contribution in [2.75, 3.05) is 6.54 Å². The molecule has 0 aliphatic carbocycles. The molecule has 0 saturated heterocycles. The van der Waals surface area contributed by atoms with Gasteiger partial charge < -0.3 is 20.5 Å². The van der Waals surface area contributed by atoms with Gasteiger partial charge in [-0.1, -0.05) is 15.9 Å². The van der Waals surface area contributed by atoms with Crippen LogP contribution in [-0.2, 0) is 10.9 Å². The van der Waals surface area contributed by atoms with Crippen LogP contribution in [0.2, 0.25) is 0 Å². The van der Waals surface area contributed by atoms with Gasteiger partial charge in [0.2, 0.25) is 0 Å². The SMILES string of the molecule is CC(C)(C)OC(=O)N[C@@H](CNC(=O)O)C(c1nccs1)c1cnc(C(F)(F)F)cc1Br. The summed E-state index contributed by atoms with van der Waals surface area (Å²) in [6, 6.07) is -0.114. The van der Waals surface area contributed by atoms with Crippen molar-refractivity contribution in [3.05, 3.63) is 44.6 Å². The summed E-state index contributed by atoms with van der Waals surface area (Å²) in [5, 5.41) is 15.9. The first-order valence-corrected chi connectivity index (χ1v) is 10.5. The lowest BCUT2D eigenvalue weighted by Crippen LogP contribution is -2.48. The number of hydrogen-bond donors (Lipinski definition) is 3. The van der Waals surface area contributed by atoms with Crippen LogP contribution in [-0.4, -0.2) is 45.4 Å². The van der Waals surface area contributed by atoms with E-state index in [1.807, 2.05) is 0 Å². The number of rotatable bonds is 6. The third-order valence-electron chi connectivity index (χ3n) is 3.80. The largest absolute Gasteiger partial charge is 0.465 e. The summed E-state index contributed by atoms with van der Waals surface area (Å²) in [4.78, 5) is 31.2. The molecule has 0 bridgehead atoms. The molecule has 8 nitrogen and oxygen atoms in total. The van der Waals surface area contributed by atoms with Gasteiger partial charge in [0.25, 0.3) is 0 Å². The lowest BCUT2D eigenvalue weighted by Gasteiger charge is -2.29. The molecule has 13 heteroatoms. The molecule has 0 aliphatic heterocycles. The Bertz CT molecular complexity index is 920. The predicted molar refractivity (Wildman–Crippen MR) is 110 cm³/mol. The molecule has 2 amide bonds. The Morgan fingerprint density at radius 3 is 2.45 bits per heavy atom. The summed E-state index contributed by atoms with van der Waals surface area (Å²) in [7, 11) is 0. The van der Waals surface area contributed by atoms with Crippen LogP contribution < -0.4 is 10.6 Å². The number of aromatic nitrogens is 2. The van der Waals surface area contributed by atoms with Crippen LogP contribution in [0.4, 0.5) is 22.8 Å². The number of alkyl halides is 3. The van der Waals surface area contributed by atoms with E-state index in [4.69, 9.17) is 9.84 Å². The highest BCUT2D eigenvalue weighted by atomic mass is 79.9. The Hall–Kier alpha value is -2.41. The van der Waals surface area contributed by atoms with E-state index in [9.17, 15) is 22.8 Å². The summed E-state index contributed by atoms with van der Waals surface area (Å²) < 4.78 is 44.4. The second-order valence-corrected chi connectivity index (χ2v) is 9.16. The van der Waals surface area contributed by atoms with E-state index in [0.717, 1.165) is 12.3 Å². The first kappa shape index (κ1) is 24.9. The zero-order valence-electron chi connectivity index (χ0n) is 16.7. The molecule has 170 valence electrons. The van der Waals surface area contributed by atoms with Crippen molar-refractivity contribution in [2.45, 2.75) is 44.5 Å². The summed E-state index contributed by atoms with van der Waals surface area (Å²) in [6.45, 7) is 4.72. The third kappa shape index (κ3) is 7.35. The van der Waals surface area contributed by atoms with Crippen LogP contribution in [0.25, 0.3) is 0 Å². The number of carbonyl (C=O) groups is 2. The van der Waals surface area contributed by atoms with Gasteiger partial charge in [0.05, 0.1) is 12.0 Å². The molecule has 0 aliphatic rings. The quantitative estimate of drug-likeness (QED) is 0.508. The minimum absolute atomic E-state index is 0.0846. The van der Waals surface area contributed by atoms with E-state index in [1.165, 1.54) is 17.5 Å². The standard InChI is InChI=1S/C18H20BrF3N4O4S/c1-17(2,3)30-16(29)26-11(8-25-15(27)28)13(14-23-4-5-31-14)9-7-24-12(6-10(9)19)18(20,21)22/h4-7,11,13,25H,8H2,1-3H3,(H,26,29)(H,27,28)/t11-,13?/m0/s1. The number of pyridine rings is 1. The lowest BCUT2D eigenvalue weighted by molar-refractivity contribution is -0.141. The van der Waals surface area contributed by atoms with E-state index >= 15 is 0 Å². The Morgan fingerprint density at radius 1 is 1.29 bits per heavy atom. The molecule has 1 unspecified atom stereocenters. The van der Waals surface area contributed by atoms with Gasteiger partial charge in [0.1, 0.15) is 16.3 Å². The fourth-order valence-electron chi connectivity index (χ4n) is 2.64. The van der Waals surface area contributed by atoms with Crippen molar-refractivity contribution in [2.24, 2.45) is 0 Å². The fraction of sp³-hybridized carbons (Fsp3) is 0.444. The molecule has 2 aromatic heterocycles. The number of hydrogen-bond acceptors (Lipinski definition) is 6. The molecule has 2 heterocycles. The van der Waals surface area contributed by atoms with Crippen LogP contribution >= 0.6 is 27.3 Å². The molecule has 2 aromatic rings. The van der Waals surface area contributed by atoms with Crippen molar-refractivity contribution in [1.82, 2.24) is 20.6 Å². The number of carbonyl (C=O) groups excluding carboxylic acids is 1. The molecule has 0 radical (unpaired) electrons. The molecular weight excluding hydrogens is 505 g/mol. The van der Waals surface area contributed by atoms with Crippen LogP contribution in [0.3, 0.4) is 0 Å². The first-order chi connectivity index (χ1) is 14.3. The second-order valence-electron chi connectivity index (χ2n) is 7.38. The van der Waals surface area contributed by atoms with Gasteiger partial charge in [0, 0.05) is 28.8 Å². The van der Waals surface area contributed by atoms with Crippen molar-refractivity contribution >= 4 is 39.5 Å². The number of halogens is 4. The topological polar surface area (TPSA) is 113 Å². The average molecular weight is 525 g/mol. The maximum absolute atomic E-state index is 13.0. The summed E-state index contributed by atoms with van der Waals surface area (Å²) >= 11 is 4.34. The molecular formula is C18H20BrF3N4O4S. The minimum Gasteiger partial charge on any atom is -0.465 e. The Kier molecular flexibility index (Phi) is 7.87. The number of thiazole rings is 1. The molecule has 3 N–H and O–H groups in total. The summed E-state index contributed by atoms with van der Waals surface area (Å²) in [5.41, 5.74) is -1.63. The molecule has 0 saturated carbocycles. The number of nitrogens with zero attached hydrogens (tertiary/aromatic N) is 2. The first-order valence-electron chi connectivity index (χ1n) is 8.86. The number of alkyl carbamates (subject to hydrolysis) is 1. The normalized spacial score (nSPS) is 13.9. The van der Waals surface area contributed by atoms with Gasteiger partial charge in [-0.3, -0.25) is 4.98 Å². The van der Waals surface area contributed by atoms with Crippen LogP contribution in [0, 0.1) is 0 Å². The van der Waals surface area contributed by atoms with Crippen LogP contribution in [0.1, 0.15) is 43.0 Å². The molecule has 0 fully saturated rings. The zero-order chi connectivity index (χ0) is 23.4. The van der Waals surface area contributed by atoms with E-state index in [0.29, 0.717) is 5.01 Å². The molecule has 0 aromatic carbocycles. The number of amides is 2. The molecule has 31 heavy (non-hydrogen) atoms. The number of ether oxygens (including phenoxy) is 1. The van der Waals surface area contributed by atoms with E-state index in [2.05, 4.69) is 36.5 Å². The minimum atomic E-state index is -4.64. The molecule has 2 rings (SSSR count). The van der Waals surface area contributed by atoms with E-state index in [-0.39, 0.29) is 16.6 Å². The Morgan fingerprint density at radius 2 is 1.97 bits per heavy atom. The van der Waals surface area contributed by atoms with Gasteiger partial charge >= 0.3 is 18.4 Å². The van der Waals surface area contributed by atoms with E-state index < -0.39 is 41.6 Å². The fourth-order valence-corrected chi connectivity index (χ4v) is 4.03.